The van der Waals surface area contributed by atoms with Crippen LogP contribution in [0.2, 0.25) is 0 Å². The van der Waals surface area contributed by atoms with Gasteiger partial charge in [0.05, 0.1) is 0 Å². The minimum Gasteiger partial charge on any atom is -0.398 e. The molecule has 0 aliphatic rings. The Kier molecular flexibility index (Phi) is 4.40. The summed E-state index contributed by atoms with van der Waals surface area (Å²) in [6, 6.07) is 37.3. The molecular weight excluding hydrogens is 316 g/mol. The largest absolute Gasteiger partial charge is 0.398 e. The topological polar surface area (TPSA) is 29.3 Å². The Hall–Kier alpha value is -3.52. The van der Waals surface area contributed by atoms with Gasteiger partial charge in [-0.2, -0.15) is 0 Å². The lowest BCUT2D eigenvalue weighted by atomic mass is 10.0. The van der Waals surface area contributed by atoms with E-state index in [4.69, 9.17) is 5.73 Å². The molecule has 2 N–H and O–H groups in total. The molecule has 4 aromatic carbocycles. The lowest BCUT2D eigenvalue weighted by Gasteiger charge is -2.26. The molecule has 4 aromatic rings. The molecular formula is C24H20N2. The van der Waals surface area contributed by atoms with E-state index in [1.165, 1.54) is 0 Å². The number of benzene rings is 4. The summed E-state index contributed by atoms with van der Waals surface area (Å²) in [6.07, 6.45) is 0. The van der Waals surface area contributed by atoms with E-state index >= 15 is 0 Å². The van der Waals surface area contributed by atoms with Crippen molar-refractivity contribution in [1.82, 2.24) is 0 Å². The van der Waals surface area contributed by atoms with E-state index in [1.54, 1.807) is 0 Å². The van der Waals surface area contributed by atoms with Crippen molar-refractivity contribution < 1.29 is 0 Å². The average molecular weight is 336 g/mol. The summed E-state index contributed by atoms with van der Waals surface area (Å²) in [4.78, 5) is 2.25. The maximum atomic E-state index is 6.19. The van der Waals surface area contributed by atoms with Crippen molar-refractivity contribution in [3.05, 3.63) is 109 Å². The van der Waals surface area contributed by atoms with Gasteiger partial charge in [-0.25, -0.2) is 0 Å². The number of hydrogen-bond acceptors (Lipinski definition) is 2. The molecule has 0 radical (unpaired) electrons. The molecule has 2 nitrogen and oxygen atoms in total. The molecule has 0 amide bonds. The van der Waals surface area contributed by atoms with Crippen LogP contribution in [0.3, 0.4) is 0 Å². The fraction of sp³-hybridized carbons (Fsp3) is 0. The highest BCUT2D eigenvalue weighted by Gasteiger charge is 2.13. The maximum absolute atomic E-state index is 6.19. The van der Waals surface area contributed by atoms with Crippen molar-refractivity contribution in [2.45, 2.75) is 0 Å². The zero-order valence-electron chi connectivity index (χ0n) is 14.4. The molecule has 4 rings (SSSR count). The Balaban J connectivity index is 1.85. The summed E-state index contributed by atoms with van der Waals surface area (Å²) in [7, 11) is 0. The standard InChI is InChI=1S/C24H20N2/c25-24-17-8-7-16-23(24)19-10-9-15-22(18-19)26(20-11-3-1-4-12-20)21-13-5-2-6-14-21/h1-18H,25H2. The molecule has 0 saturated heterocycles. The minimum atomic E-state index is 0.788. The third-order valence-corrected chi connectivity index (χ3v) is 4.40. The van der Waals surface area contributed by atoms with Gasteiger partial charge in [0.1, 0.15) is 0 Å². The van der Waals surface area contributed by atoms with Gasteiger partial charge in [-0.1, -0.05) is 66.7 Å². The number of para-hydroxylation sites is 3. The number of nitrogens with two attached hydrogens (primary N) is 1. The summed E-state index contributed by atoms with van der Waals surface area (Å²) in [6.45, 7) is 0. The zero-order valence-corrected chi connectivity index (χ0v) is 14.4. The Morgan fingerprint density at radius 3 is 1.65 bits per heavy atom. The number of anilines is 4. The Morgan fingerprint density at radius 1 is 0.500 bits per heavy atom. The van der Waals surface area contributed by atoms with E-state index in [0.717, 1.165) is 33.9 Å². The first-order valence-corrected chi connectivity index (χ1v) is 8.68. The zero-order chi connectivity index (χ0) is 17.8. The summed E-state index contributed by atoms with van der Waals surface area (Å²) in [5.74, 6) is 0. The molecule has 26 heavy (non-hydrogen) atoms. The molecule has 126 valence electrons. The van der Waals surface area contributed by atoms with Crippen LogP contribution in [0.25, 0.3) is 11.1 Å². The van der Waals surface area contributed by atoms with Gasteiger partial charge < -0.3 is 10.6 Å². The second-order valence-electron chi connectivity index (χ2n) is 6.14. The first kappa shape index (κ1) is 16.0. The van der Waals surface area contributed by atoms with Crippen molar-refractivity contribution in [3.63, 3.8) is 0 Å². The molecule has 0 aliphatic carbocycles. The van der Waals surface area contributed by atoms with Crippen molar-refractivity contribution in [2.75, 3.05) is 10.6 Å². The Morgan fingerprint density at radius 2 is 1.04 bits per heavy atom. The molecule has 2 heteroatoms. The third kappa shape index (κ3) is 3.17. The molecule has 0 aliphatic heterocycles. The normalized spacial score (nSPS) is 10.5. The van der Waals surface area contributed by atoms with Gasteiger partial charge in [0, 0.05) is 28.3 Å². The Labute approximate surface area is 154 Å². The van der Waals surface area contributed by atoms with Crippen molar-refractivity contribution >= 4 is 22.7 Å². The summed E-state index contributed by atoms with van der Waals surface area (Å²) in [5.41, 5.74) is 12.5. The van der Waals surface area contributed by atoms with E-state index in [1.807, 2.05) is 30.3 Å². The van der Waals surface area contributed by atoms with Crippen LogP contribution in [0, 0.1) is 0 Å². The van der Waals surface area contributed by atoms with Crippen LogP contribution in [-0.2, 0) is 0 Å². The van der Waals surface area contributed by atoms with Crippen molar-refractivity contribution in [3.8, 4) is 11.1 Å². The van der Waals surface area contributed by atoms with Crippen LogP contribution in [-0.4, -0.2) is 0 Å². The van der Waals surface area contributed by atoms with E-state index < -0.39 is 0 Å². The maximum Gasteiger partial charge on any atom is 0.0467 e. The SMILES string of the molecule is Nc1ccccc1-c1cccc(N(c2ccccc2)c2ccccc2)c1. The molecule has 0 bridgehead atoms. The van der Waals surface area contributed by atoms with Gasteiger partial charge >= 0.3 is 0 Å². The molecule has 0 atom stereocenters. The van der Waals surface area contributed by atoms with Crippen LogP contribution in [0.4, 0.5) is 22.7 Å². The molecule has 0 unspecified atom stereocenters. The smallest absolute Gasteiger partial charge is 0.0467 e. The molecule has 0 aromatic heterocycles. The molecule has 0 heterocycles. The highest BCUT2D eigenvalue weighted by molar-refractivity contribution is 5.82. The molecule has 0 fully saturated rings. The first-order valence-electron chi connectivity index (χ1n) is 8.68. The van der Waals surface area contributed by atoms with E-state index in [0.29, 0.717) is 0 Å². The van der Waals surface area contributed by atoms with Gasteiger partial charge in [-0.3, -0.25) is 0 Å². The van der Waals surface area contributed by atoms with Crippen molar-refractivity contribution in [2.24, 2.45) is 0 Å². The van der Waals surface area contributed by atoms with Crippen LogP contribution < -0.4 is 10.6 Å². The molecule has 0 spiro atoms. The van der Waals surface area contributed by atoms with Crippen LogP contribution in [0.15, 0.2) is 109 Å². The summed E-state index contributed by atoms with van der Waals surface area (Å²) >= 11 is 0. The van der Waals surface area contributed by atoms with Gasteiger partial charge in [0.25, 0.3) is 0 Å². The van der Waals surface area contributed by atoms with Crippen molar-refractivity contribution in [1.29, 1.82) is 0 Å². The lowest BCUT2D eigenvalue weighted by molar-refractivity contribution is 1.28. The average Bonchev–Trinajstić information content (AvgIpc) is 2.70. The monoisotopic (exact) mass is 336 g/mol. The predicted molar refractivity (Wildman–Crippen MR) is 111 cm³/mol. The second-order valence-corrected chi connectivity index (χ2v) is 6.14. The fourth-order valence-electron chi connectivity index (χ4n) is 3.17. The first-order chi connectivity index (χ1) is 12.8. The predicted octanol–water partition coefficient (Wildman–Crippen LogP) is 6.41. The van der Waals surface area contributed by atoms with Gasteiger partial charge in [0.2, 0.25) is 0 Å². The number of hydrogen-bond donors (Lipinski definition) is 1. The van der Waals surface area contributed by atoms with Crippen LogP contribution >= 0.6 is 0 Å². The fourth-order valence-corrected chi connectivity index (χ4v) is 3.17. The third-order valence-electron chi connectivity index (χ3n) is 4.40. The van der Waals surface area contributed by atoms with Crippen LogP contribution in [0.1, 0.15) is 0 Å². The number of rotatable bonds is 4. The summed E-state index contributed by atoms with van der Waals surface area (Å²) < 4.78 is 0. The highest BCUT2D eigenvalue weighted by Crippen LogP contribution is 2.36. The van der Waals surface area contributed by atoms with E-state index in [2.05, 4.69) is 83.8 Å². The van der Waals surface area contributed by atoms with Crippen LogP contribution in [0.5, 0.6) is 0 Å². The Bertz CT molecular complexity index is 955. The lowest BCUT2D eigenvalue weighted by Crippen LogP contribution is -2.09. The van der Waals surface area contributed by atoms with E-state index in [9.17, 15) is 0 Å². The van der Waals surface area contributed by atoms with Gasteiger partial charge in [-0.05, 0) is 48.0 Å². The number of nitrogen functional groups attached to an aromatic ring is 1. The quantitative estimate of drug-likeness (QED) is 0.437. The highest BCUT2D eigenvalue weighted by atomic mass is 15.1. The number of nitrogens with zero attached hydrogens (tertiary/aromatic N) is 1. The molecule has 0 saturated carbocycles. The second kappa shape index (κ2) is 7.16. The van der Waals surface area contributed by atoms with Gasteiger partial charge in [0.15, 0.2) is 0 Å². The minimum absolute atomic E-state index is 0.788. The summed E-state index contributed by atoms with van der Waals surface area (Å²) in [5, 5.41) is 0. The van der Waals surface area contributed by atoms with Gasteiger partial charge in [-0.15, -0.1) is 0 Å². The van der Waals surface area contributed by atoms with E-state index in [-0.39, 0.29) is 0 Å².